The Hall–Kier alpha value is -2.57. The minimum atomic E-state index is -0.374. The van der Waals surface area contributed by atoms with Gasteiger partial charge in [0.1, 0.15) is 11.6 Å². The van der Waals surface area contributed by atoms with Gasteiger partial charge in [0.2, 0.25) is 5.91 Å². The van der Waals surface area contributed by atoms with Gasteiger partial charge in [0, 0.05) is 53.9 Å². The number of nitrogens with zero attached hydrogens (tertiary/aromatic N) is 4. The molecule has 5 rings (SSSR count). The number of hydrogen-bond donors (Lipinski definition) is 0. The van der Waals surface area contributed by atoms with Crippen molar-refractivity contribution < 1.29 is 18.7 Å². The SMILES string of the molecule is C=CC(=O)N1C[C@H](C)N(c2nc(=O)n3c4c(c(-c5ccc(F)cc5)c(Cl)cc24)SC[C@@H]3COCCOC)C[C@H]1C.S. The Morgan fingerprint density at radius 3 is 2.63 bits per heavy atom. The zero-order valence-corrected chi connectivity index (χ0v) is 25.8. The van der Waals surface area contributed by atoms with E-state index >= 15 is 0 Å². The van der Waals surface area contributed by atoms with E-state index in [9.17, 15) is 14.0 Å². The average molecular weight is 621 g/mol. The number of amides is 1. The van der Waals surface area contributed by atoms with Crippen molar-refractivity contribution in [1.29, 1.82) is 0 Å². The van der Waals surface area contributed by atoms with Crippen molar-refractivity contribution in [2.45, 2.75) is 36.9 Å². The second-order valence-corrected chi connectivity index (χ2v) is 11.6. The molecule has 0 spiro atoms. The number of carbonyl (C=O) groups excluding carboxylic acids is 1. The molecule has 2 aliphatic rings. The fraction of sp³-hybridized carbons (Fsp3) is 0.414. The first kappa shape index (κ1) is 31.4. The van der Waals surface area contributed by atoms with Crippen molar-refractivity contribution >= 4 is 59.5 Å². The number of halogens is 2. The second kappa shape index (κ2) is 13.2. The largest absolute Gasteiger partial charge is 0.382 e. The maximum absolute atomic E-state index is 13.8. The molecule has 0 unspecified atom stereocenters. The fourth-order valence-corrected chi connectivity index (χ4v) is 7.18. The van der Waals surface area contributed by atoms with Gasteiger partial charge in [0.15, 0.2) is 0 Å². The molecule has 0 bridgehead atoms. The number of piperazine rings is 1. The van der Waals surface area contributed by atoms with Crippen LogP contribution in [-0.2, 0) is 14.3 Å². The van der Waals surface area contributed by atoms with Crippen LogP contribution in [0.5, 0.6) is 0 Å². The summed E-state index contributed by atoms with van der Waals surface area (Å²) in [7, 11) is 1.61. The number of rotatable bonds is 8. The van der Waals surface area contributed by atoms with Gasteiger partial charge in [0.25, 0.3) is 0 Å². The van der Waals surface area contributed by atoms with Crippen molar-refractivity contribution in [1.82, 2.24) is 14.5 Å². The lowest BCUT2D eigenvalue weighted by Crippen LogP contribution is -2.58. The maximum Gasteiger partial charge on any atom is 0.350 e. The number of aromatic nitrogens is 2. The summed E-state index contributed by atoms with van der Waals surface area (Å²) in [6, 6.07) is 7.60. The molecule has 2 aromatic carbocycles. The Morgan fingerprint density at radius 1 is 1.22 bits per heavy atom. The molecule has 3 aromatic rings. The third-order valence-electron chi connectivity index (χ3n) is 7.47. The topological polar surface area (TPSA) is 76.9 Å². The van der Waals surface area contributed by atoms with E-state index in [0.717, 1.165) is 26.9 Å². The standard InChI is InChI=1S/C29H32ClFN4O4S.H2S/c1-5-24(36)33-13-18(3)34(14-17(33)2)28-22-12-23(30)25(19-6-8-20(31)9-7-19)27-26(22)35(29(37)32-28)21(16-40-27)15-39-11-10-38-4;/h5-9,12,17-18,21H,1,10-11,13-16H2,2-4H3;1H2/t17-,18+,21+;/m1./s1. The van der Waals surface area contributed by atoms with Crippen LogP contribution in [0.25, 0.3) is 22.0 Å². The molecular weight excluding hydrogens is 587 g/mol. The van der Waals surface area contributed by atoms with Crippen molar-refractivity contribution in [3.8, 4) is 11.1 Å². The van der Waals surface area contributed by atoms with Crippen LogP contribution in [0.4, 0.5) is 10.2 Å². The number of ether oxygens (including phenoxy) is 2. The summed E-state index contributed by atoms with van der Waals surface area (Å²) in [5.74, 6) is 0.663. The predicted octanol–water partition coefficient (Wildman–Crippen LogP) is 4.89. The highest BCUT2D eigenvalue weighted by Crippen LogP contribution is 2.47. The number of anilines is 1. The quantitative estimate of drug-likeness (QED) is 0.262. The van der Waals surface area contributed by atoms with Crippen LogP contribution in [0.15, 0.2) is 52.7 Å². The first-order valence-corrected chi connectivity index (χ1v) is 14.5. The van der Waals surface area contributed by atoms with Gasteiger partial charge >= 0.3 is 5.69 Å². The van der Waals surface area contributed by atoms with E-state index in [2.05, 4.69) is 16.5 Å². The molecular formula is C29H34ClFN4O4S2. The van der Waals surface area contributed by atoms with E-state index in [1.165, 1.54) is 18.2 Å². The summed E-state index contributed by atoms with van der Waals surface area (Å²) >= 11 is 8.55. The van der Waals surface area contributed by atoms with E-state index < -0.39 is 0 Å². The van der Waals surface area contributed by atoms with Crippen LogP contribution >= 0.6 is 36.9 Å². The van der Waals surface area contributed by atoms with Gasteiger partial charge in [0.05, 0.1) is 36.4 Å². The molecule has 220 valence electrons. The monoisotopic (exact) mass is 620 g/mol. The highest BCUT2D eigenvalue weighted by Gasteiger charge is 2.35. The van der Waals surface area contributed by atoms with Crippen LogP contribution < -0.4 is 10.6 Å². The maximum atomic E-state index is 13.8. The van der Waals surface area contributed by atoms with Gasteiger partial charge in [-0.3, -0.25) is 9.36 Å². The molecule has 0 radical (unpaired) electrons. The summed E-state index contributed by atoms with van der Waals surface area (Å²) in [6.07, 6.45) is 1.33. The van der Waals surface area contributed by atoms with Gasteiger partial charge in [-0.05, 0) is 43.7 Å². The highest BCUT2D eigenvalue weighted by atomic mass is 35.5. The van der Waals surface area contributed by atoms with E-state index in [-0.39, 0.29) is 49.0 Å². The van der Waals surface area contributed by atoms with Gasteiger partial charge in [-0.15, -0.1) is 11.8 Å². The van der Waals surface area contributed by atoms with E-state index in [4.69, 9.17) is 21.1 Å². The fourth-order valence-electron chi connectivity index (χ4n) is 5.49. The lowest BCUT2D eigenvalue weighted by atomic mass is 10.0. The number of hydrogen-bond acceptors (Lipinski definition) is 7. The summed E-state index contributed by atoms with van der Waals surface area (Å²) in [5, 5.41) is 1.24. The Balaban J connectivity index is 0.00000387. The lowest BCUT2D eigenvalue weighted by Gasteiger charge is -2.45. The first-order chi connectivity index (χ1) is 19.2. The van der Waals surface area contributed by atoms with Gasteiger partial charge in [-0.25, -0.2) is 9.18 Å². The molecule has 2 aliphatic heterocycles. The molecule has 1 fully saturated rings. The summed E-state index contributed by atoms with van der Waals surface area (Å²) in [4.78, 5) is 35.5. The summed E-state index contributed by atoms with van der Waals surface area (Å²) in [6.45, 7) is 9.78. The minimum absolute atomic E-state index is 0. The van der Waals surface area contributed by atoms with E-state index in [1.54, 1.807) is 40.5 Å². The zero-order valence-electron chi connectivity index (χ0n) is 23.2. The normalized spacial score (nSPS) is 20.2. The summed E-state index contributed by atoms with van der Waals surface area (Å²) in [5.41, 5.74) is 1.88. The molecule has 3 atom stereocenters. The van der Waals surface area contributed by atoms with E-state index in [0.29, 0.717) is 49.5 Å². The molecule has 1 amide bonds. The van der Waals surface area contributed by atoms with Crippen molar-refractivity contribution in [3.05, 3.63) is 64.3 Å². The molecule has 0 N–H and O–H groups in total. The zero-order chi connectivity index (χ0) is 28.6. The predicted molar refractivity (Wildman–Crippen MR) is 167 cm³/mol. The molecule has 0 aliphatic carbocycles. The highest BCUT2D eigenvalue weighted by molar-refractivity contribution is 7.99. The Morgan fingerprint density at radius 2 is 1.95 bits per heavy atom. The van der Waals surface area contributed by atoms with Gasteiger partial charge in [-0.1, -0.05) is 30.3 Å². The van der Waals surface area contributed by atoms with Crippen molar-refractivity contribution in [2.75, 3.05) is 50.7 Å². The van der Waals surface area contributed by atoms with Crippen LogP contribution in [0, 0.1) is 5.82 Å². The first-order valence-electron chi connectivity index (χ1n) is 13.2. The smallest absolute Gasteiger partial charge is 0.350 e. The number of methoxy groups -OCH3 is 1. The summed E-state index contributed by atoms with van der Waals surface area (Å²) < 4.78 is 26.4. The van der Waals surface area contributed by atoms with Crippen LogP contribution in [0.1, 0.15) is 19.9 Å². The van der Waals surface area contributed by atoms with Gasteiger partial charge < -0.3 is 19.3 Å². The van der Waals surface area contributed by atoms with Gasteiger partial charge in [-0.2, -0.15) is 18.5 Å². The Labute approximate surface area is 254 Å². The van der Waals surface area contributed by atoms with Crippen molar-refractivity contribution in [3.63, 3.8) is 0 Å². The Bertz CT molecular complexity index is 1500. The minimum Gasteiger partial charge on any atom is -0.382 e. The number of benzene rings is 2. The van der Waals surface area contributed by atoms with E-state index in [1.807, 2.05) is 19.9 Å². The van der Waals surface area contributed by atoms with Crippen LogP contribution in [0.3, 0.4) is 0 Å². The third kappa shape index (κ3) is 6.01. The third-order valence-corrected chi connectivity index (χ3v) is 9.01. The average Bonchev–Trinajstić information content (AvgIpc) is 2.94. The molecule has 3 heterocycles. The number of carbonyl (C=O) groups is 1. The Kier molecular flexibility index (Phi) is 10.1. The number of thioether (sulfide) groups is 1. The molecule has 41 heavy (non-hydrogen) atoms. The second-order valence-electron chi connectivity index (χ2n) is 10.1. The molecule has 12 heteroatoms. The molecule has 1 saturated heterocycles. The molecule has 8 nitrogen and oxygen atoms in total. The van der Waals surface area contributed by atoms with Crippen molar-refractivity contribution in [2.24, 2.45) is 0 Å². The lowest BCUT2D eigenvalue weighted by molar-refractivity contribution is -0.128. The van der Waals surface area contributed by atoms with Crippen LogP contribution in [0.2, 0.25) is 5.02 Å². The molecule has 0 saturated carbocycles. The molecule has 1 aromatic heterocycles. The van der Waals surface area contributed by atoms with Crippen LogP contribution in [-0.4, -0.2) is 78.2 Å².